The molecule has 3 nitrogen and oxygen atoms in total. The van der Waals surface area contributed by atoms with Gasteiger partial charge in [-0.3, -0.25) is 14.8 Å². The molecule has 1 aliphatic rings. The molecule has 1 aromatic heterocycles. The summed E-state index contributed by atoms with van der Waals surface area (Å²) >= 11 is 19.8. The summed E-state index contributed by atoms with van der Waals surface area (Å²) in [5, 5.41) is 1.76. The van der Waals surface area contributed by atoms with Crippen LogP contribution in [0.5, 0.6) is 0 Å². The molecule has 49 heavy (non-hydrogen) atoms. The maximum atomic E-state index is 7.20. The fourth-order valence-electron chi connectivity index (χ4n) is 6.92. The van der Waals surface area contributed by atoms with E-state index in [2.05, 4.69) is 113 Å². The molecule has 1 aliphatic heterocycles. The molecule has 2 aromatic carbocycles. The molecule has 0 amide bonds. The van der Waals surface area contributed by atoms with Crippen molar-refractivity contribution in [1.29, 1.82) is 0 Å². The van der Waals surface area contributed by atoms with Gasteiger partial charge in [0.15, 0.2) is 0 Å². The summed E-state index contributed by atoms with van der Waals surface area (Å²) in [7, 11) is 9.63. The second-order valence-electron chi connectivity index (χ2n) is 12.2. The Balaban J connectivity index is 0.000000718. The van der Waals surface area contributed by atoms with Crippen LogP contribution in [-0.2, 0) is 15.9 Å². The van der Waals surface area contributed by atoms with E-state index in [4.69, 9.17) is 53.9 Å². The third-order valence-electron chi connectivity index (χ3n) is 9.73. The van der Waals surface area contributed by atoms with E-state index in [9.17, 15) is 0 Å². The molecule has 2 heterocycles. The number of pyridine rings is 1. The molecule has 2 radical (unpaired) electrons. The average molecular weight is 861 g/mol. The van der Waals surface area contributed by atoms with Gasteiger partial charge in [0.2, 0.25) is 6.67 Å². The molecule has 274 valence electrons. The molecule has 0 bridgehead atoms. The van der Waals surface area contributed by atoms with Crippen molar-refractivity contribution in [2.24, 2.45) is 0 Å². The van der Waals surface area contributed by atoms with Crippen molar-refractivity contribution >= 4 is 65.2 Å². The molecule has 0 spiro atoms. The van der Waals surface area contributed by atoms with Crippen LogP contribution in [0, 0.1) is 6.67 Å². The minimum absolute atomic E-state index is 0.106. The zero-order chi connectivity index (χ0) is 36.5. The van der Waals surface area contributed by atoms with E-state index in [1.165, 1.54) is 33.6 Å². The number of hydrogen-bond donors (Lipinski definition) is 0. The van der Waals surface area contributed by atoms with Crippen LogP contribution in [0.2, 0.25) is 5.02 Å². The second-order valence-corrected chi connectivity index (χ2v) is 15.7. The molecule has 3 aromatic rings. The molecule has 4 rings (SSSR count). The van der Waals surface area contributed by atoms with E-state index in [1.54, 1.807) is 24.5 Å². The summed E-state index contributed by atoms with van der Waals surface area (Å²) in [5.74, 6) is 1.80. The van der Waals surface area contributed by atoms with Crippen molar-refractivity contribution < 1.29 is 15.9 Å². The first-order valence-corrected chi connectivity index (χ1v) is 22.9. The number of hydrogen-bond acceptors (Lipinski definition) is 3. The second kappa shape index (κ2) is 23.6. The summed E-state index contributed by atoms with van der Waals surface area (Å²) in [6.45, 7) is 22.0. The molecular formula is C40H54Cl5N3Pd. The van der Waals surface area contributed by atoms with Crippen molar-refractivity contribution in [2.45, 2.75) is 130 Å². The number of nitrogens with zero attached hydrogens (tertiary/aromatic N) is 3. The van der Waals surface area contributed by atoms with Gasteiger partial charge < -0.3 is 0 Å². The van der Waals surface area contributed by atoms with Crippen LogP contribution in [0.1, 0.15) is 153 Å². The van der Waals surface area contributed by atoms with Crippen LogP contribution >= 0.6 is 53.9 Å². The summed E-state index contributed by atoms with van der Waals surface area (Å²) in [6, 6.07) is 17.2. The number of para-hydroxylation sites is 2. The number of benzene rings is 2. The summed E-state index contributed by atoms with van der Waals surface area (Å²) in [4.78, 5) is 7.90. The molecule has 0 aliphatic carbocycles. The topological polar surface area (TPSA) is 19.4 Å². The van der Waals surface area contributed by atoms with E-state index < -0.39 is 0 Å². The van der Waals surface area contributed by atoms with Gasteiger partial charge in [-0.15, -0.1) is 0 Å². The molecular weight excluding hydrogens is 806 g/mol. The summed E-state index contributed by atoms with van der Waals surface area (Å²) < 4.78 is 0. The van der Waals surface area contributed by atoms with Crippen LogP contribution in [0.4, 0.5) is 11.4 Å². The quantitative estimate of drug-likeness (QED) is 0.119. The molecule has 0 saturated heterocycles. The molecule has 0 unspecified atom stereocenters. The van der Waals surface area contributed by atoms with Crippen molar-refractivity contribution in [3.63, 3.8) is 0 Å². The van der Waals surface area contributed by atoms with Crippen LogP contribution in [0.15, 0.2) is 71.2 Å². The first kappa shape index (κ1) is 44.2. The Bertz CT molecular complexity index is 1260. The standard InChI is InChI=1S/C35H50Cl2N2.C5H4ClN.2ClH.Pd/c1-9-24(10-2)28-19-17-20-29(25(11-3)12-4)32(28)38-23-39(35(37)34(38)36)33-30(26(13-5)14-6)21-18-22-31(33)27(15-7)16-8;6-5-2-1-3-7-4-5;;;/h17-22,24-27H,9-16H2,1-8H3;1-4H;2*1H;/q;;;;+2/p-2. The Morgan fingerprint density at radius 2 is 0.857 bits per heavy atom. The van der Waals surface area contributed by atoms with Crippen LogP contribution in [0.25, 0.3) is 0 Å². The molecule has 0 atom stereocenters. The third-order valence-corrected chi connectivity index (χ3v) is 10.8. The predicted molar refractivity (Wildman–Crippen MR) is 214 cm³/mol. The van der Waals surface area contributed by atoms with Gasteiger partial charge in [-0.25, -0.2) is 0 Å². The SMILES string of the molecule is CCC(CC)c1cccc(C(CC)CC)c1N1[C]N(c2c(C(CC)CC)cccc2C(CC)CC)C(Cl)=C1Cl.Clc1cccnc1.[Cl][Pd][Cl]. The summed E-state index contributed by atoms with van der Waals surface area (Å²) in [6.07, 6.45) is 11.9. The zero-order valence-electron chi connectivity index (χ0n) is 30.3. The predicted octanol–water partition coefficient (Wildman–Crippen LogP) is 15.3. The zero-order valence-corrected chi connectivity index (χ0v) is 35.6. The Morgan fingerprint density at radius 3 is 1.06 bits per heavy atom. The van der Waals surface area contributed by atoms with E-state index in [0.717, 1.165) is 51.4 Å². The molecule has 9 heteroatoms. The molecule has 0 N–H and O–H groups in total. The number of halogens is 5. The van der Waals surface area contributed by atoms with Gasteiger partial charge in [-0.1, -0.05) is 127 Å². The van der Waals surface area contributed by atoms with Gasteiger partial charge in [0.05, 0.1) is 16.4 Å². The van der Waals surface area contributed by atoms with Gasteiger partial charge in [0.25, 0.3) is 0 Å². The Labute approximate surface area is 329 Å². The van der Waals surface area contributed by atoms with Crippen LogP contribution in [-0.4, -0.2) is 4.98 Å². The van der Waals surface area contributed by atoms with Crippen LogP contribution in [0.3, 0.4) is 0 Å². The van der Waals surface area contributed by atoms with Gasteiger partial charge in [0.1, 0.15) is 10.3 Å². The van der Waals surface area contributed by atoms with Gasteiger partial charge in [-0.05, 0) is 109 Å². The number of anilines is 2. The van der Waals surface area contributed by atoms with E-state index in [0.29, 0.717) is 39.0 Å². The average Bonchev–Trinajstić information content (AvgIpc) is 3.41. The van der Waals surface area contributed by atoms with Gasteiger partial charge in [-0.2, -0.15) is 0 Å². The van der Waals surface area contributed by atoms with Crippen LogP contribution < -0.4 is 9.80 Å². The Kier molecular flexibility index (Phi) is 21.3. The normalized spacial score (nSPS) is 13.1. The summed E-state index contributed by atoms with van der Waals surface area (Å²) in [5.41, 5.74) is 7.72. The van der Waals surface area contributed by atoms with E-state index in [-0.39, 0.29) is 15.9 Å². The molecule has 0 fully saturated rings. The van der Waals surface area contributed by atoms with Gasteiger partial charge >= 0.3 is 35.0 Å². The van der Waals surface area contributed by atoms with E-state index >= 15 is 0 Å². The monoisotopic (exact) mass is 857 g/mol. The fraction of sp³-hybridized carbons (Fsp3) is 0.500. The molecule has 0 saturated carbocycles. The Morgan fingerprint density at radius 1 is 0.551 bits per heavy atom. The van der Waals surface area contributed by atoms with Gasteiger partial charge in [0, 0.05) is 12.4 Å². The Hall–Kier alpha value is -0.958. The first-order valence-electron chi connectivity index (χ1n) is 17.7. The van der Waals surface area contributed by atoms with E-state index in [1.807, 2.05) is 0 Å². The van der Waals surface area contributed by atoms with Crippen molar-refractivity contribution in [3.8, 4) is 0 Å². The van der Waals surface area contributed by atoms with Crippen molar-refractivity contribution in [3.05, 3.63) is 105 Å². The fourth-order valence-corrected chi connectivity index (χ4v) is 7.46. The van der Waals surface area contributed by atoms with Crippen molar-refractivity contribution in [1.82, 2.24) is 4.98 Å². The third kappa shape index (κ3) is 11.5. The first-order chi connectivity index (χ1) is 23.7. The minimum atomic E-state index is -0.106. The van der Waals surface area contributed by atoms with Crippen molar-refractivity contribution in [2.75, 3.05) is 9.80 Å². The maximum absolute atomic E-state index is 7.20. The number of rotatable bonds is 14. The number of aromatic nitrogens is 1.